The molecule has 0 atom stereocenters. The maximum atomic E-state index is 12.6. The number of para-hydroxylation sites is 1. The minimum absolute atomic E-state index is 0.0445. The van der Waals surface area contributed by atoms with E-state index >= 15 is 0 Å². The number of anilines is 1. The molecule has 148 valence electrons. The van der Waals surface area contributed by atoms with Crippen LogP contribution < -0.4 is 5.32 Å². The summed E-state index contributed by atoms with van der Waals surface area (Å²) in [4.78, 5) is 48.8. The molecule has 0 unspecified atom stereocenters. The van der Waals surface area contributed by atoms with E-state index in [1.165, 1.54) is 6.07 Å². The molecule has 8 nitrogen and oxygen atoms in total. The van der Waals surface area contributed by atoms with E-state index in [0.717, 1.165) is 28.2 Å². The van der Waals surface area contributed by atoms with Crippen molar-refractivity contribution in [1.82, 2.24) is 4.90 Å². The van der Waals surface area contributed by atoms with Crippen molar-refractivity contribution in [3.63, 3.8) is 0 Å². The first-order valence-electron chi connectivity index (χ1n) is 9.04. The van der Waals surface area contributed by atoms with E-state index < -0.39 is 29.2 Å². The van der Waals surface area contributed by atoms with E-state index in [0.29, 0.717) is 5.69 Å². The van der Waals surface area contributed by atoms with Gasteiger partial charge in [-0.05, 0) is 17.7 Å². The van der Waals surface area contributed by atoms with Crippen LogP contribution in [0.4, 0.5) is 11.4 Å². The molecule has 0 aliphatic carbocycles. The molecule has 8 heteroatoms. The molecular formula is C22H15N3O5. The van der Waals surface area contributed by atoms with Crippen LogP contribution in [0.5, 0.6) is 0 Å². The van der Waals surface area contributed by atoms with Crippen LogP contribution in [0.2, 0.25) is 0 Å². The number of rotatable bonds is 5. The highest BCUT2D eigenvalue weighted by atomic mass is 16.6. The molecule has 30 heavy (non-hydrogen) atoms. The van der Waals surface area contributed by atoms with Crippen LogP contribution in [0, 0.1) is 10.1 Å². The third kappa shape index (κ3) is 3.42. The Labute approximate surface area is 170 Å². The molecule has 1 N–H and O–H groups in total. The van der Waals surface area contributed by atoms with E-state index in [1.807, 2.05) is 42.5 Å². The summed E-state index contributed by atoms with van der Waals surface area (Å²) in [6.45, 7) is -0.497. The number of nitrogens with zero attached hydrogens (tertiary/aromatic N) is 2. The summed E-state index contributed by atoms with van der Waals surface area (Å²) in [5, 5.41) is 13.7. The van der Waals surface area contributed by atoms with E-state index in [4.69, 9.17) is 0 Å². The maximum Gasteiger partial charge on any atom is 0.270 e. The van der Waals surface area contributed by atoms with Crippen LogP contribution in [-0.4, -0.2) is 34.1 Å². The van der Waals surface area contributed by atoms with Crippen LogP contribution in [0.25, 0.3) is 11.1 Å². The zero-order valence-electron chi connectivity index (χ0n) is 15.6. The van der Waals surface area contributed by atoms with Crippen molar-refractivity contribution < 1.29 is 19.3 Å². The summed E-state index contributed by atoms with van der Waals surface area (Å²) in [7, 11) is 0. The van der Waals surface area contributed by atoms with E-state index in [-0.39, 0.29) is 16.8 Å². The topological polar surface area (TPSA) is 110 Å². The average Bonchev–Trinajstić information content (AvgIpc) is 2.99. The van der Waals surface area contributed by atoms with Gasteiger partial charge >= 0.3 is 0 Å². The van der Waals surface area contributed by atoms with Gasteiger partial charge in [-0.3, -0.25) is 29.4 Å². The lowest BCUT2D eigenvalue weighted by Crippen LogP contribution is -2.37. The van der Waals surface area contributed by atoms with Crippen molar-refractivity contribution in [2.45, 2.75) is 0 Å². The summed E-state index contributed by atoms with van der Waals surface area (Å²) >= 11 is 0. The number of nitrogens with one attached hydrogen (secondary N) is 1. The number of nitro benzene ring substituents is 1. The van der Waals surface area contributed by atoms with E-state index in [1.54, 1.807) is 12.1 Å². The Kier molecular flexibility index (Phi) is 4.81. The van der Waals surface area contributed by atoms with Gasteiger partial charge in [-0.2, -0.15) is 0 Å². The van der Waals surface area contributed by atoms with Crippen molar-refractivity contribution >= 4 is 29.1 Å². The van der Waals surface area contributed by atoms with Gasteiger partial charge in [0.25, 0.3) is 17.5 Å². The number of amides is 3. The van der Waals surface area contributed by atoms with Gasteiger partial charge in [0.1, 0.15) is 6.54 Å². The first-order valence-corrected chi connectivity index (χ1v) is 9.04. The lowest BCUT2D eigenvalue weighted by molar-refractivity contribution is -0.384. The number of hydrogen-bond acceptors (Lipinski definition) is 5. The van der Waals surface area contributed by atoms with E-state index in [9.17, 15) is 24.5 Å². The minimum Gasteiger partial charge on any atom is -0.324 e. The fourth-order valence-corrected chi connectivity index (χ4v) is 3.33. The maximum absolute atomic E-state index is 12.6. The Balaban J connectivity index is 1.54. The molecule has 0 fully saturated rings. The van der Waals surface area contributed by atoms with Gasteiger partial charge in [-0.1, -0.05) is 48.5 Å². The third-order valence-electron chi connectivity index (χ3n) is 4.75. The lowest BCUT2D eigenvalue weighted by Gasteiger charge is -2.15. The zero-order valence-corrected chi connectivity index (χ0v) is 15.6. The van der Waals surface area contributed by atoms with Crippen molar-refractivity contribution in [2.24, 2.45) is 0 Å². The lowest BCUT2D eigenvalue weighted by atomic mass is 10.0. The number of benzene rings is 3. The van der Waals surface area contributed by atoms with Crippen LogP contribution in [-0.2, 0) is 4.79 Å². The van der Waals surface area contributed by atoms with Crippen LogP contribution in [0.15, 0.2) is 72.8 Å². The number of imide groups is 1. The second-order valence-electron chi connectivity index (χ2n) is 6.64. The smallest absolute Gasteiger partial charge is 0.270 e. The minimum atomic E-state index is -0.731. The van der Waals surface area contributed by atoms with Gasteiger partial charge in [0.15, 0.2) is 0 Å². The molecule has 0 aromatic heterocycles. The standard InChI is InChI=1S/C22H15N3O5/c26-20(23-19-9-5-4-8-16(19)14-6-2-1-3-7-14)13-24-21(27)17-11-10-15(25(29)30)12-18(17)22(24)28/h1-12H,13H2,(H,23,26). The second-order valence-corrected chi connectivity index (χ2v) is 6.64. The van der Waals surface area contributed by atoms with E-state index in [2.05, 4.69) is 5.32 Å². The highest BCUT2D eigenvalue weighted by Crippen LogP contribution is 2.29. The molecule has 3 aromatic carbocycles. The molecule has 0 saturated heterocycles. The van der Waals surface area contributed by atoms with Crippen molar-refractivity contribution in [3.05, 3.63) is 94.0 Å². The van der Waals surface area contributed by atoms with Gasteiger partial charge < -0.3 is 5.32 Å². The van der Waals surface area contributed by atoms with Crippen molar-refractivity contribution in [2.75, 3.05) is 11.9 Å². The Morgan fingerprint density at radius 3 is 2.27 bits per heavy atom. The molecule has 1 aliphatic rings. The molecule has 0 saturated carbocycles. The molecule has 1 aliphatic heterocycles. The van der Waals surface area contributed by atoms with Gasteiger partial charge in [0.05, 0.1) is 16.1 Å². The number of carbonyl (C=O) groups excluding carboxylic acids is 3. The molecular weight excluding hydrogens is 386 g/mol. The summed E-state index contributed by atoms with van der Waals surface area (Å²) in [6, 6.07) is 20.1. The average molecular weight is 401 g/mol. The molecule has 3 aromatic rings. The molecule has 0 radical (unpaired) electrons. The second kappa shape index (κ2) is 7.59. The predicted octanol–water partition coefficient (Wildman–Crippen LogP) is 3.50. The van der Waals surface area contributed by atoms with Crippen molar-refractivity contribution in [3.8, 4) is 11.1 Å². The SMILES string of the molecule is O=C(CN1C(=O)c2ccc([N+](=O)[O-])cc2C1=O)Nc1ccccc1-c1ccccc1. The Hall–Kier alpha value is -4.33. The Bertz CT molecular complexity index is 1190. The Morgan fingerprint density at radius 1 is 0.867 bits per heavy atom. The first-order chi connectivity index (χ1) is 14.5. The molecule has 0 spiro atoms. The number of hydrogen-bond donors (Lipinski definition) is 1. The summed E-state index contributed by atoms with van der Waals surface area (Å²) < 4.78 is 0. The third-order valence-corrected chi connectivity index (χ3v) is 4.75. The summed E-state index contributed by atoms with van der Waals surface area (Å²) in [6.07, 6.45) is 0. The van der Waals surface area contributed by atoms with Gasteiger partial charge in [-0.25, -0.2) is 0 Å². The highest BCUT2D eigenvalue weighted by Gasteiger charge is 2.37. The molecule has 3 amide bonds. The molecule has 0 bridgehead atoms. The summed E-state index contributed by atoms with van der Waals surface area (Å²) in [5.41, 5.74) is 1.92. The highest BCUT2D eigenvalue weighted by molar-refractivity contribution is 6.23. The fourth-order valence-electron chi connectivity index (χ4n) is 3.33. The summed E-state index contributed by atoms with van der Waals surface area (Å²) in [5.74, 6) is -1.94. The van der Waals surface area contributed by atoms with Crippen LogP contribution in [0.3, 0.4) is 0 Å². The molecule has 4 rings (SSSR count). The monoisotopic (exact) mass is 401 g/mol. The quantitative estimate of drug-likeness (QED) is 0.400. The van der Waals surface area contributed by atoms with Gasteiger partial charge in [-0.15, -0.1) is 0 Å². The largest absolute Gasteiger partial charge is 0.324 e. The Morgan fingerprint density at radius 2 is 1.53 bits per heavy atom. The van der Waals surface area contributed by atoms with Crippen molar-refractivity contribution in [1.29, 1.82) is 0 Å². The number of nitro groups is 1. The number of non-ortho nitro benzene ring substituents is 1. The first kappa shape index (κ1) is 19.0. The van der Waals surface area contributed by atoms with Crippen LogP contribution in [0.1, 0.15) is 20.7 Å². The molecule has 1 heterocycles. The fraction of sp³-hybridized carbons (Fsp3) is 0.0455. The predicted molar refractivity (Wildman–Crippen MR) is 109 cm³/mol. The van der Waals surface area contributed by atoms with Gasteiger partial charge in [0.2, 0.25) is 5.91 Å². The normalized spacial score (nSPS) is 12.6. The van der Waals surface area contributed by atoms with Crippen LogP contribution >= 0.6 is 0 Å². The van der Waals surface area contributed by atoms with Gasteiger partial charge in [0, 0.05) is 23.4 Å². The zero-order chi connectivity index (χ0) is 21.3. The number of carbonyl (C=O) groups is 3. The number of fused-ring (bicyclic) bond motifs is 1.